The second kappa shape index (κ2) is 7.17. The van der Waals surface area contributed by atoms with Gasteiger partial charge in [0.15, 0.2) is 0 Å². The van der Waals surface area contributed by atoms with Gasteiger partial charge in [-0.15, -0.1) is 0 Å². The third kappa shape index (κ3) is 4.39. The topological polar surface area (TPSA) is 72.2 Å². The normalized spacial score (nSPS) is 13.4. The molecule has 0 aliphatic carbocycles. The lowest BCUT2D eigenvalue weighted by Gasteiger charge is -2.16. The molecule has 22 heavy (non-hydrogen) atoms. The highest BCUT2D eigenvalue weighted by atomic mass is 32.2. The van der Waals surface area contributed by atoms with Crippen molar-refractivity contribution in [2.75, 3.05) is 11.6 Å². The fraction of sp³-hybridized carbons (Fsp3) is 0.250. The molecular weight excluding hydrogens is 300 g/mol. The van der Waals surface area contributed by atoms with Crippen molar-refractivity contribution in [2.45, 2.75) is 18.7 Å². The van der Waals surface area contributed by atoms with E-state index < -0.39 is 15.7 Å². The molecule has 0 aliphatic rings. The van der Waals surface area contributed by atoms with Gasteiger partial charge in [0.2, 0.25) is 0 Å². The molecule has 116 valence electrons. The molecule has 0 bridgehead atoms. The van der Waals surface area contributed by atoms with E-state index in [1.165, 1.54) is 12.1 Å². The molecule has 1 N–H and O–H groups in total. The Morgan fingerprint density at radius 3 is 2.50 bits per heavy atom. The molecule has 0 heterocycles. The predicted octanol–water partition coefficient (Wildman–Crippen LogP) is 3.65. The minimum atomic E-state index is -0.872. The van der Waals surface area contributed by atoms with Crippen molar-refractivity contribution in [2.24, 2.45) is 0 Å². The molecule has 0 saturated carbocycles. The maximum Gasteiger partial charge on any atom is 0.269 e. The van der Waals surface area contributed by atoms with Gasteiger partial charge in [-0.1, -0.05) is 24.3 Å². The summed E-state index contributed by atoms with van der Waals surface area (Å²) >= 11 is 0. The van der Waals surface area contributed by atoms with E-state index in [1.54, 1.807) is 18.4 Å². The van der Waals surface area contributed by atoms with Crippen LogP contribution in [-0.2, 0) is 16.6 Å². The number of hydrogen-bond acceptors (Lipinski definition) is 4. The first-order chi connectivity index (χ1) is 10.5. The number of nitro groups is 1. The number of non-ortho nitro benzene ring substituents is 1. The van der Waals surface area contributed by atoms with Crippen LogP contribution in [-0.4, -0.2) is 15.4 Å². The third-order valence-corrected chi connectivity index (χ3v) is 4.02. The summed E-state index contributed by atoms with van der Waals surface area (Å²) in [6.45, 7) is 1.99. The average molecular weight is 318 g/mol. The Hall–Kier alpha value is -2.21. The van der Waals surface area contributed by atoms with Gasteiger partial charge >= 0.3 is 0 Å². The Morgan fingerprint density at radius 2 is 1.91 bits per heavy atom. The van der Waals surface area contributed by atoms with Gasteiger partial charge in [0.25, 0.3) is 5.69 Å². The highest BCUT2D eigenvalue weighted by Crippen LogP contribution is 2.22. The molecule has 0 amide bonds. The van der Waals surface area contributed by atoms with Crippen molar-refractivity contribution >= 4 is 22.2 Å². The number of anilines is 1. The molecule has 6 heteroatoms. The standard InChI is InChI=1S/C16H18N2O3S/c1-12(14-6-8-16(9-7-14)18(19)20)17-15-5-3-4-13(10-15)11-22(2)21/h3-10,12,17H,11H2,1-2H3/t12-,22-/m0/s1. The SMILES string of the molecule is C[C@H](Nc1cccc(C[S@](C)=O)c1)c1ccc([N+](=O)[O-])cc1. The monoisotopic (exact) mass is 318 g/mol. The number of hydrogen-bond donors (Lipinski definition) is 1. The third-order valence-electron chi connectivity index (χ3n) is 3.28. The maximum atomic E-state index is 11.3. The molecule has 2 aromatic carbocycles. The lowest BCUT2D eigenvalue weighted by atomic mass is 10.1. The summed E-state index contributed by atoms with van der Waals surface area (Å²) in [6.07, 6.45) is 1.68. The van der Waals surface area contributed by atoms with Gasteiger partial charge in [-0.25, -0.2) is 0 Å². The molecule has 2 rings (SSSR count). The van der Waals surface area contributed by atoms with Gasteiger partial charge in [0, 0.05) is 46.7 Å². The summed E-state index contributed by atoms with van der Waals surface area (Å²) in [4.78, 5) is 10.3. The summed E-state index contributed by atoms with van der Waals surface area (Å²) < 4.78 is 11.3. The van der Waals surface area contributed by atoms with Crippen LogP contribution in [0.1, 0.15) is 24.1 Å². The first-order valence-electron chi connectivity index (χ1n) is 6.85. The Balaban J connectivity index is 2.09. The van der Waals surface area contributed by atoms with Crippen LogP contribution >= 0.6 is 0 Å². The van der Waals surface area contributed by atoms with Gasteiger partial charge < -0.3 is 5.32 Å². The van der Waals surface area contributed by atoms with Crippen molar-refractivity contribution in [1.82, 2.24) is 0 Å². The molecule has 0 unspecified atom stereocenters. The number of nitrogens with zero attached hydrogens (tertiary/aromatic N) is 1. The first-order valence-corrected chi connectivity index (χ1v) is 8.58. The smallest absolute Gasteiger partial charge is 0.269 e. The highest BCUT2D eigenvalue weighted by molar-refractivity contribution is 7.83. The Labute approximate surface area is 132 Å². The van der Waals surface area contributed by atoms with E-state index in [0.29, 0.717) is 5.75 Å². The van der Waals surface area contributed by atoms with Crippen LogP contribution in [0, 0.1) is 10.1 Å². The molecule has 0 spiro atoms. The van der Waals surface area contributed by atoms with Crippen LogP contribution in [0.2, 0.25) is 0 Å². The molecule has 5 nitrogen and oxygen atoms in total. The maximum absolute atomic E-state index is 11.3. The van der Waals surface area contributed by atoms with E-state index in [0.717, 1.165) is 16.8 Å². The van der Waals surface area contributed by atoms with E-state index in [4.69, 9.17) is 0 Å². The van der Waals surface area contributed by atoms with Gasteiger partial charge in [0.05, 0.1) is 4.92 Å². The van der Waals surface area contributed by atoms with E-state index in [1.807, 2.05) is 31.2 Å². The minimum absolute atomic E-state index is 0.0168. The van der Waals surface area contributed by atoms with Crippen molar-refractivity contribution in [3.8, 4) is 0 Å². The second-order valence-electron chi connectivity index (χ2n) is 5.13. The van der Waals surface area contributed by atoms with Crippen LogP contribution in [0.5, 0.6) is 0 Å². The fourth-order valence-corrected chi connectivity index (χ4v) is 2.85. The molecule has 2 aromatic rings. The van der Waals surface area contributed by atoms with Gasteiger partial charge in [-0.05, 0) is 30.2 Å². The first kappa shape index (κ1) is 16.2. The van der Waals surface area contributed by atoms with Crippen LogP contribution in [0.4, 0.5) is 11.4 Å². The zero-order valence-corrected chi connectivity index (χ0v) is 13.3. The fourth-order valence-electron chi connectivity index (χ4n) is 2.20. The molecule has 2 atom stereocenters. The lowest BCUT2D eigenvalue weighted by Crippen LogP contribution is -2.07. The van der Waals surface area contributed by atoms with Gasteiger partial charge in [-0.2, -0.15) is 0 Å². The van der Waals surface area contributed by atoms with Crippen molar-refractivity contribution in [1.29, 1.82) is 0 Å². The zero-order chi connectivity index (χ0) is 16.1. The summed E-state index contributed by atoms with van der Waals surface area (Å²) in [5, 5.41) is 14.0. The quantitative estimate of drug-likeness (QED) is 0.652. The Bertz CT molecular complexity index is 686. The van der Waals surface area contributed by atoms with Gasteiger partial charge in [0.1, 0.15) is 0 Å². The lowest BCUT2D eigenvalue weighted by molar-refractivity contribution is -0.384. The molecule has 0 aliphatic heterocycles. The summed E-state index contributed by atoms with van der Waals surface area (Å²) in [6, 6.07) is 14.3. The predicted molar refractivity (Wildman–Crippen MR) is 89.3 cm³/mol. The molecule has 0 saturated heterocycles. The van der Waals surface area contributed by atoms with Crippen LogP contribution in [0.25, 0.3) is 0 Å². The summed E-state index contributed by atoms with van der Waals surface area (Å²) in [5.74, 6) is 0.529. The van der Waals surface area contributed by atoms with Crippen molar-refractivity contribution < 1.29 is 9.13 Å². The summed E-state index contributed by atoms with van der Waals surface area (Å²) in [7, 11) is -0.872. The number of benzene rings is 2. The van der Waals surface area contributed by atoms with Crippen molar-refractivity contribution in [3.05, 3.63) is 69.8 Å². The van der Waals surface area contributed by atoms with Crippen LogP contribution < -0.4 is 5.32 Å². The molecule has 0 aromatic heterocycles. The van der Waals surface area contributed by atoms with Crippen molar-refractivity contribution in [3.63, 3.8) is 0 Å². The molecular formula is C16H18N2O3S. The van der Waals surface area contributed by atoms with E-state index in [9.17, 15) is 14.3 Å². The number of nitro benzene ring substituents is 1. The van der Waals surface area contributed by atoms with Gasteiger partial charge in [-0.3, -0.25) is 14.3 Å². The number of rotatable bonds is 6. The van der Waals surface area contributed by atoms with E-state index >= 15 is 0 Å². The minimum Gasteiger partial charge on any atom is -0.379 e. The largest absolute Gasteiger partial charge is 0.379 e. The van der Waals surface area contributed by atoms with E-state index in [2.05, 4.69) is 5.32 Å². The highest BCUT2D eigenvalue weighted by Gasteiger charge is 2.09. The average Bonchev–Trinajstić information content (AvgIpc) is 2.47. The second-order valence-corrected chi connectivity index (χ2v) is 6.57. The van der Waals surface area contributed by atoms with E-state index in [-0.39, 0.29) is 11.7 Å². The Morgan fingerprint density at radius 1 is 1.23 bits per heavy atom. The van der Waals surface area contributed by atoms with Crippen LogP contribution in [0.15, 0.2) is 48.5 Å². The molecule has 0 radical (unpaired) electrons. The number of nitrogens with one attached hydrogen (secondary N) is 1. The summed E-state index contributed by atoms with van der Waals surface area (Å²) in [5.41, 5.74) is 3.01. The van der Waals surface area contributed by atoms with Crippen LogP contribution in [0.3, 0.4) is 0 Å². The molecule has 0 fully saturated rings. The zero-order valence-electron chi connectivity index (χ0n) is 12.5. The Kier molecular flexibility index (Phi) is 5.27.